The average molecular weight is 201 g/mol. The smallest absolute Gasteiger partial charge is 0.0730 e. The number of aromatic nitrogens is 1. The van der Waals surface area contributed by atoms with Gasteiger partial charge in [-0.1, -0.05) is 23.2 Å². The minimum absolute atomic E-state index is 0.508. The molecule has 2 nitrogen and oxygen atoms in total. The van der Waals surface area contributed by atoms with Crippen molar-refractivity contribution in [2.24, 2.45) is 0 Å². The van der Waals surface area contributed by atoms with Crippen molar-refractivity contribution in [2.45, 2.75) is 0 Å². The van der Waals surface area contributed by atoms with Crippen LogP contribution in [0.4, 0.5) is 5.69 Å². The number of anilines is 1. The third-order valence-corrected chi connectivity index (χ3v) is 2.48. The van der Waals surface area contributed by atoms with Crippen LogP contribution in [-0.2, 0) is 0 Å². The highest BCUT2D eigenvalue weighted by Gasteiger charge is 2.07. The molecule has 0 aliphatic carbocycles. The molecule has 0 amide bonds. The average Bonchev–Trinajstić information content (AvgIpc) is 2.48. The summed E-state index contributed by atoms with van der Waals surface area (Å²) in [5.74, 6) is 0. The number of benzene rings is 1. The first-order chi connectivity index (χ1) is 5.70. The second-order valence-electron chi connectivity index (χ2n) is 2.53. The molecule has 62 valence electrons. The van der Waals surface area contributed by atoms with E-state index in [4.69, 9.17) is 28.9 Å². The van der Waals surface area contributed by atoms with E-state index in [0.717, 1.165) is 10.9 Å². The Morgan fingerprint density at radius 3 is 2.83 bits per heavy atom. The number of rotatable bonds is 0. The van der Waals surface area contributed by atoms with Gasteiger partial charge in [0.2, 0.25) is 0 Å². The molecule has 0 atom stereocenters. The highest BCUT2D eigenvalue weighted by molar-refractivity contribution is 6.42. The molecule has 4 heteroatoms. The summed E-state index contributed by atoms with van der Waals surface area (Å²) in [5.41, 5.74) is 6.95. The van der Waals surface area contributed by atoms with Crippen LogP contribution in [0.25, 0.3) is 10.9 Å². The first kappa shape index (κ1) is 7.77. The first-order valence-corrected chi connectivity index (χ1v) is 4.16. The summed E-state index contributed by atoms with van der Waals surface area (Å²) in [4.78, 5) is 2.98. The van der Waals surface area contributed by atoms with Crippen LogP contribution in [0.5, 0.6) is 0 Å². The van der Waals surface area contributed by atoms with Crippen molar-refractivity contribution in [1.82, 2.24) is 4.98 Å². The summed E-state index contributed by atoms with van der Waals surface area (Å²) in [7, 11) is 0. The van der Waals surface area contributed by atoms with Gasteiger partial charge in [0.05, 0.1) is 21.2 Å². The Bertz CT molecular complexity index is 434. The molecule has 0 aliphatic rings. The number of nitrogens with one attached hydrogen (secondary N) is 1. The normalized spacial score (nSPS) is 10.8. The lowest BCUT2D eigenvalue weighted by Gasteiger charge is -2.00. The Labute approximate surface area is 79.3 Å². The quantitative estimate of drug-likeness (QED) is 0.632. The molecule has 2 aromatic rings. The van der Waals surface area contributed by atoms with Gasteiger partial charge in [0.25, 0.3) is 0 Å². The highest BCUT2D eigenvalue weighted by atomic mass is 35.5. The Hall–Kier alpha value is -0.860. The van der Waals surface area contributed by atoms with Crippen molar-refractivity contribution in [3.63, 3.8) is 0 Å². The number of H-pyrrole nitrogens is 1. The Morgan fingerprint density at radius 2 is 2.08 bits per heavy atom. The number of nitrogen functional groups attached to an aromatic ring is 1. The maximum absolute atomic E-state index is 5.94. The summed E-state index contributed by atoms with van der Waals surface area (Å²) >= 11 is 11.8. The Morgan fingerprint density at radius 1 is 1.33 bits per heavy atom. The predicted octanol–water partition coefficient (Wildman–Crippen LogP) is 3.06. The molecular formula is C8H6Cl2N2. The molecule has 0 radical (unpaired) electrons. The van der Waals surface area contributed by atoms with Crippen LogP contribution < -0.4 is 5.73 Å². The second kappa shape index (κ2) is 2.57. The van der Waals surface area contributed by atoms with E-state index in [9.17, 15) is 0 Å². The number of halogens is 2. The van der Waals surface area contributed by atoms with Crippen LogP contribution in [0.1, 0.15) is 0 Å². The fraction of sp³-hybridized carbons (Fsp3) is 0. The first-order valence-electron chi connectivity index (χ1n) is 3.40. The topological polar surface area (TPSA) is 41.8 Å². The van der Waals surface area contributed by atoms with Crippen molar-refractivity contribution in [3.05, 3.63) is 28.4 Å². The minimum Gasteiger partial charge on any atom is -0.397 e. The lowest BCUT2D eigenvalue weighted by molar-refractivity contribution is 1.48. The van der Waals surface area contributed by atoms with Crippen LogP contribution in [0.2, 0.25) is 10.0 Å². The molecule has 12 heavy (non-hydrogen) atoms. The summed E-state index contributed by atoms with van der Waals surface area (Å²) in [6.45, 7) is 0. The predicted molar refractivity (Wildman–Crippen MR) is 52.7 cm³/mol. The standard InChI is InChI=1S/C8H6Cl2N2/c9-5-3-6(11)7(10)4-1-2-12-8(4)5/h1-3,12H,11H2. The van der Waals surface area contributed by atoms with Crippen molar-refractivity contribution in [3.8, 4) is 0 Å². The summed E-state index contributed by atoms with van der Waals surface area (Å²) < 4.78 is 0. The zero-order chi connectivity index (χ0) is 8.72. The molecule has 0 saturated carbocycles. The van der Waals surface area contributed by atoms with E-state index >= 15 is 0 Å². The van der Waals surface area contributed by atoms with Gasteiger partial charge in [-0.05, 0) is 12.1 Å². The van der Waals surface area contributed by atoms with E-state index in [2.05, 4.69) is 4.98 Å². The van der Waals surface area contributed by atoms with Crippen LogP contribution in [-0.4, -0.2) is 4.98 Å². The maximum Gasteiger partial charge on any atom is 0.0730 e. The van der Waals surface area contributed by atoms with Gasteiger partial charge in [-0.15, -0.1) is 0 Å². The molecular weight excluding hydrogens is 195 g/mol. The van der Waals surface area contributed by atoms with Gasteiger partial charge in [0.15, 0.2) is 0 Å². The SMILES string of the molecule is Nc1cc(Cl)c2[nH]ccc2c1Cl. The molecule has 2 rings (SSSR count). The third-order valence-electron chi connectivity index (χ3n) is 1.76. The van der Waals surface area contributed by atoms with Crippen LogP contribution in [0.15, 0.2) is 18.3 Å². The lowest BCUT2D eigenvalue weighted by Crippen LogP contribution is -1.86. The minimum atomic E-state index is 0.508. The zero-order valence-electron chi connectivity index (χ0n) is 6.07. The van der Waals surface area contributed by atoms with Gasteiger partial charge >= 0.3 is 0 Å². The van der Waals surface area contributed by atoms with Crippen molar-refractivity contribution in [1.29, 1.82) is 0 Å². The van der Waals surface area contributed by atoms with Gasteiger partial charge in [-0.3, -0.25) is 0 Å². The monoisotopic (exact) mass is 200 g/mol. The molecule has 3 N–H and O–H groups in total. The molecule has 0 unspecified atom stereocenters. The number of nitrogens with two attached hydrogens (primary N) is 1. The number of hydrogen-bond donors (Lipinski definition) is 2. The van der Waals surface area contributed by atoms with Crippen LogP contribution >= 0.6 is 23.2 Å². The second-order valence-corrected chi connectivity index (χ2v) is 3.31. The van der Waals surface area contributed by atoms with E-state index in [1.165, 1.54) is 0 Å². The Kier molecular flexibility index (Phi) is 1.67. The third kappa shape index (κ3) is 0.958. The fourth-order valence-corrected chi connectivity index (χ4v) is 1.66. The van der Waals surface area contributed by atoms with Gasteiger partial charge < -0.3 is 10.7 Å². The molecule has 1 aromatic heterocycles. The molecule has 0 bridgehead atoms. The number of aromatic amines is 1. The molecule has 0 aliphatic heterocycles. The molecule has 1 heterocycles. The summed E-state index contributed by atoms with van der Waals surface area (Å²) in [6.07, 6.45) is 1.78. The molecule has 0 fully saturated rings. The lowest BCUT2D eigenvalue weighted by atomic mass is 10.2. The maximum atomic E-state index is 5.94. The summed E-state index contributed by atoms with van der Waals surface area (Å²) in [6, 6.07) is 3.49. The van der Waals surface area contributed by atoms with Gasteiger partial charge in [0.1, 0.15) is 0 Å². The van der Waals surface area contributed by atoms with Crippen molar-refractivity contribution < 1.29 is 0 Å². The number of fused-ring (bicyclic) bond motifs is 1. The van der Waals surface area contributed by atoms with Gasteiger partial charge in [0, 0.05) is 11.6 Å². The molecule has 0 saturated heterocycles. The number of hydrogen-bond acceptors (Lipinski definition) is 1. The fourth-order valence-electron chi connectivity index (χ4n) is 1.18. The summed E-state index contributed by atoms with van der Waals surface area (Å²) in [5, 5.41) is 2.01. The Balaban J connectivity index is 2.97. The zero-order valence-corrected chi connectivity index (χ0v) is 7.58. The van der Waals surface area contributed by atoms with Crippen molar-refractivity contribution in [2.75, 3.05) is 5.73 Å². The van der Waals surface area contributed by atoms with E-state index in [-0.39, 0.29) is 0 Å². The molecule has 1 aromatic carbocycles. The van der Waals surface area contributed by atoms with E-state index in [1.807, 2.05) is 6.07 Å². The highest BCUT2D eigenvalue weighted by Crippen LogP contribution is 2.33. The van der Waals surface area contributed by atoms with Crippen molar-refractivity contribution >= 4 is 39.8 Å². The van der Waals surface area contributed by atoms with E-state index in [0.29, 0.717) is 15.7 Å². The largest absolute Gasteiger partial charge is 0.397 e. The van der Waals surface area contributed by atoms with E-state index < -0.39 is 0 Å². The van der Waals surface area contributed by atoms with E-state index in [1.54, 1.807) is 12.3 Å². The van der Waals surface area contributed by atoms with Crippen LogP contribution in [0, 0.1) is 0 Å². The molecule has 0 spiro atoms. The van der Waals surface area contributed by atoms with Gasteiger partial charge in [-0.25, -0.2) is 0 Å². The van der Waals surface area contributed by atoms with Gasteiger partial charge in [-0.2, -0.15) is 0 Å². The van der Waals surface area contributed by atoms with Crippen LogP contribution in [0.3, 0.4) is 0 Å².